The molecule has 3 aromatic rings. The molecule has 3 N–H and O–H groups in total. The van der Waals surface area contributed by atoms with Gasteiger partial charge in [-0.2, -0.15) is 18.4 Å². The molecule has 0 saturated carbocycles. The van der Waals surface area contributed by atoms with E-state index in [1.54, 1.807) is 55.1 Å². The van der Waals surface area contributed by atoms with Gasteiger partial charge in [-0.25, -0.2) is 0 Å². The fourth-order valence-corrected chi connectivity index (χ4v) is 7.89. The zero-order chi connectivity index (χ0) is 41.9. The first-order valence-corrected chi connectivity index (χ1v) is 19.5. The predicted molar refractivity (Wildman–Crippen MR) is 223 cm³/mol. The van der Waals surface area contributed by atoms with Crippen molar-refractivity contribution in [1.29, 1.82) is 5.26 Å². The minimum absolute atomic E-state index is 0. The number of nitrogens with zero attached hydrogens (tertiary/aromatic N) is 5. The van der Waals surface area contributed by atoms with Crippen LogP contribution < -0.4 is 30.5 Å². The van der Waals surface area contributed by atoms with E-state index in [2.05, 4.69) is 25.8 Å². The second kappa shape index (κ2) is 17.1. The maximum absolute atomic E-state index is 13.8. The number of nitrogens with one attached hydrogen (secondary N) is 3. The van der Waals surface area contributed by atoms with Crippen molar-refractivity contribution in [3.8, 4) is 11.8 Å². The summed E-state index contributed by atoms with van der Waals surface area (Å²) in [4.78, 5) is 57.6. The van der Waals surface area contributed by atoms with Crippen LogP contribution in [0.2, 0.25) is 0 Å². The molecule has 3 aromatic carbocycles. The number of hydrogen-bond donors (Lipinski definition) is 3. The average molecular weight is 825 g/mol. The number of hydrogen-bond acceptors (Lipinski definition) is 10. The van der Waals surface area contributed by atoms with Gasteiger partial charge in [-0.05, 0) is 106 Å². The van der Waals surface area contributed by atoms with Gasteiger partial charge in [0.1, 0.15) is 23.9 Å². The number of benzene rings is 3. The lowest BCUT2D eigenvalue weighted by Crippen LogP contribution is -2.53. The number of aryl methyl sites for hydroxylation is 1. The molecule has 3 heterocycles. The van der Waals surface area contributed by atoms with Gasteiger partial charge in [-0.3, -0.25) is 39.2 Å². The Bertz CT molecular complexity index is 2170. The SMILES string of the molecule is CCc1cc(N2C(=S)N(c3ccc(C#N)c(C(F)(F)F)c3)C(=O)C2(C)C)ccc1OCCN1CCN([C@@H](C)C(=O)Nc2cccc(NC3CCC(=O)NC3=O)c2)CC1.[HH].[HH].[HH]. The standard InChI is InChI=1S/C41H45F3N8O5S.3H2/c1-5-26-21-31(52-39(58)51(38(56)40(52,3)4)30-10-9-27(24-45)32(23-30)41(42,43)44)11-13-34(26)57-20-19-49-15-17-50(18-16-49)25(2)36(54)47-29-8-6-7-28(22-29)46-33-12-14-35(53)48-37(33)55;;;/h6-11,13,21-23,25,33,46H,5,12,14-20H2,1-4H3,(H,47,54)(H,48,53,55);3*1H/t25-,33?;;;/m0.../s1. The van der Waals surface area contributed by atoms with Gasteiger partial charge in [-0.1, -0.05) is 13.0 Å². The van der Waals surface area contributed by atoms with Gasteiger partial charge < -0.3 is 20.3 Å². The van der Waals surface area contributed by atoms with Crippen molar-refractivity contribution in [2.75, 3.05) is 59.8 Å². The van der Waals surface area contributed by atoms with Crippen LogP contribution in [0.5, 0.6) is 5.75 Å². The Labute approximate surface area is 344 Å². The Hall–Kier alpha value is -5.57. The van der Waals surface area contributed by atoms with Crippen LogP contribution in [0.25, 0.3) is 0 Å². The Morgan fingerprint density at radius 1 is 1.05 bits per heavy atom. The zero-order valence-corrected chi connectivity index (χ0v) is 33.4. The summed E-state index contributed by atoms with van der Waals surface area (Å²) in [6, 6.07) is 16.3. The number of carbonyl (C=O) groups excluding carboxylic acids is 4. The van der Waals surface area contributed by atoms with E-state index in [4.69, 9.17) is 17.0 Å². The summed E-state index contributed by atoms with van der Waals surface area (Å²) in [6.07, 6.45) is -3.54. The maximum atomic E-state index is 13.8. The van der Waals surface area contributed by atoms with Crippen molar-refractivity contribution in [2.45, 2.75) is 70.8 Å². The highest BCUT2D eigenvalue weighted by molar-refractivity contribution is 7.81. The molecule has 312 valence electrons. The van der Waals surface area contributed by atoms with Crippen molar-refractivity contribution in [3.05, 3.63) is 77.4 Å². The number of carbonyl (C=O) groups is 4. The molecule has 3 saturated heterocycles. The van der Waals surface area contributed by atoms with E-state index >= 15 is 0 Å². The molecule has 3 fully saturated rings. The quantitative estimate of drug-likeness (QED) is 0.145. The number of piperazine rings is 1. The van der Waals surface area contributed by atoms with E-state index in [1.807, 2.05) is 26.0 Å². The zero-order valence-electron chi connectivity index (χ0n) is 32.6. The molecule has 4 amide bonds. The van der Waals surface area contributed by atoms with Crippen molar-refractivity contribution in [1.82, 2.24) is 15.1 Å². The molecule has 0 bridgehead atoms. The molecule has 1 unspecified atom stereocenters. The van der Waals surface area contributed by atoms with Gasteiger partial charge in [0.2, 0.25) is 17.7 Å². The molecule has 0 spiro atoms. The molecule has 0 radical (unpaired) electrons. The minimum Gasteiger partial charge on any atom is -0.492 e. The van der Waals surface area contributed by atoms with Gasteiger partial charge in [0.25, 0.3) is 5.91 Å². The van der Waals surface area contributed by atoms with Crippen LogP contribution in [0, 0.1) is 11.3 Å². The third-order valence-electron chi connectivity index (χ3n) is 10.7. The number of nitriles is 1. The Morgan fingerprint density at radius 3 is 2.43 bits per heavy atom. The van der Waals surface area contributed by atoms with E-state index in [-0.39, 0.29) is 45.3 Å². The summed E-state index contributed by atoms with van der Waals surface area (Å²) < 4.78 is 47.5. The smallest absolute Gasteiger partial charge is 0.417 e. The number of anilines is 4. The number of imide groups is 1. The van der Waals surface area contributed by atoms with E-state index < -0.39 is 34.8 Å². The van der Waals surface area contributed by atoms with E-state index in [0.29, 0.717) is 61.9 Å². The topological polar surface area (TPSA) is 150 Å². The molecule has 17 heteroatoms. The number of alkyl halides is 3. The lowest BCUT2D eigenvalue weighted by molar-refractivity contribution is -0.138. The van der Waals surface area contributed by atoms with Crippen LogP contribution >= 0.6 is 12.2 Å². The van der Waals surface area contributed by atoms with Gasteiger partial charge in [0, 0.05) is 60.5 Å². The third-order valence-corrected chi connectivity index (χ3v) is 11.1. The van der Waals surface area contributed by atoms with E-state index in [0.717, 1.165) is 35.7 Å². The Balaban J connectivity index is 0.00000331. The largest absolute Gasteiger partial charge is 0.492 e. The van der Waals surface area contributed by atoms with Crippen molar-refractivity contribution < 1.29 is 41.4 Å². The second-order valence-electron chi connectivity index (χ2n) is 14.9. The summed E-state index contributed by atoms with van der Waals surface area (Å²) in [5.41, 5.74) is -0.279. The second-order valence-corrected chi connectivity index (χ2v) is 15.3. The van der Waals surface area contributed by atoms with Crippen LogP contribution in [0.1, 0.15) is 61.5 Å². The molecule has 3 aliphatic rings. The lowest BCUT2D eigenvalue weighted by Gasteiger charge is -2.37. The molecular formula is C41H51F3N8O5S. The first kappa shape index (κ1) is 42.0. The van der Waals surface area contributed by atoms with Crippen molar-refractivity contribution in [2.24, 2.45) is 0 Å². The fourth-order valence-electron chi connectivity index (χ4n) is 7.37. The van der Waals surface area contributed by atoms with Gasteiger partial charge in [0.15, 0.2) is 5.11 Å². The molecule has 3 aliphatic heterocycles. The minimum atomic E-state index is -4.80. The normalized spacial score (nSPS) is 19.4. The fraction of sp³-hybridized carbons (Fsp3) is 0.415. The third kappa shape index (κ3) is 8.94. The summed E-state index contributed by atoms with van der Waals surface area (Å²) in [5, 5.41) is 17.7. The summed E-state index contributed by atoms with van der Waals surface area (Å²) >= 11 is 5.71. The highest BCUT2D eigenvalue weighted by atomic mass is 32.1. The highest BCUT2D eigenvalue weighted by Crippen LogP contribution is 2.40. The monoisotopic (exact) mass is 824 g/mol. The summed E-state index contributed by atoms with van der Waals surface area (Å²) in [6.45, 7) is 11.1. The lowest BCUT2D eigenvalue weighted by atomic mass is 10.0. The Kier molecular flexibility index (Phi) is 12.4. The molecule has 0 aliphatic carbocycles. The maximum Gasteiger partial charge on any atom is 0.417 e. The number of piperidine rings is 1. The van der Waals surface area contributed by atoms with Crippen LogP contribution in [-0.2, 0) is 31.8 Å². The average Bonchev–Trinajstić information content (AvgIpc) is 3.37. The van der Waals surface area contributed by atoms with Crippen molar-refractivity contribution >= 4 is 63.7 Å². The van der Waals surface area contributed by atoms with Gasteiger partial charge in [-0.15, -0.1) is 0 Å². The molecule has 6 rings (SSSR count). The number of halogens is 3. The van der Waals surface area contributed by atoms with Gasteiger partial charge >= 0.3 is 6.18 Å². The molecule has 13 nitrogen and oxygen atoms in total. The van der Waals surface area contributed by atoms with Crippen LogP contribution in [0.4, 0.5) is 35.9 Å². The van der Waals surface area contributed by atoms with Crippen LogP contribution in [0.3, 0.4) is 0 Å². The summed E-state index contributed by atoms with van der Waals surface area (Å²) in [7, 11) is 0. The first-order valence-electron chi connectivity index (χ1n) is 19.0. The van der Waals surface area contributed by atoms with Crippen LogP contribution in [0.15, 0.2) is 60.7 Å². The predicted octanol–water partition coefficient (Wildman–Crippen LogP) is 6.03. The van der Waals surface area contributed by atoms with E-state index in [1.165, 1.54) is 6.07 Å². The number of amides is 4. The highest BCUT2D eigenvalue weighted by Gasteiger charge is 2.51. The molecule has 0 aromatic heterocycles. The van der Waals surface area contributed by atoms with Crippen molar-refractivity contribution in [3.63, 3.8) is 0 Å². The Morgan fingerprint density at radius 2 is 1.76 bits per heavy atom. The van der Waals surface area contributed by atoms with Crippen LogP contribution in [-0.4, -0.2) is 95.5 Å². The number of rotatable bonds is 12. The molecule has 58 heavy (non-hydrogen) atoms. The van der Waals surface area contributed by atoms with E-state index in [9.17, 15) is 37.6 Å². The molecule has 2 atom stereocenters. The summed E-state index contributed by atoms with van der Waals surface area (Å²) in [5.74, 6) is -0.639. The first-order chi connectivity index (χ1) is 27.5. The van der Waals surface area contributed by atoms with Gasteiger partial charge in [0.05, 0.1) is 28.9 Å². The number of ether oxygens (including phenoxy) is 1. The number of thiocarbonyl (C=S) groups is 1. The molecular weight excluding hydrogens is 774 g/mol.